The molecule has 0 saturated heterocycles. The molecule has 0 aliphatic carbocycles. The van der Waals surface area contributed by atoms with E-state index in [2.05, 4.69) is 48.6 Å². The lowest BCUT2D eigenvalue weighted by Gasteiger charge is -2.22. The zero-order valence-corrected chi connectivity index (χ0v) is 12.4. The normalized spacial score (nSPS) is 11.1. The SMILES string of the molecule is CNCC(=O)NCc1ccccc1CN(C)C(C)C. The molecule has 0 aromatic heterocycles. The molecule has 1 rings (SSSR count). The highest BCUT2D eigenvalue weighted by molar-refractivity contribution is 5.77. The van der Waals surface area contributed by atoms with Gasteiger partial charge in [0, 0.05) is 19.1 Å². The topological polar surface area (TPSA) is 44.4 Å². The van der Waals surface area contributed by atoms with Gasteiger partial charge in [-0.05, 0) is 39.1 Å². The molecule has 0 radical (unpaired) electrons. The number of nitrogens with zero attached hydrogens (tertiary/aromatic N) is 1. The van der Waals surface area contributed by atoms with Crippen LogP contribution < -0.4 is 10.6 Å². The number of benzene rings is 1. The minimum Gasteiger partial charge on any atom is -0.351 e. The average Bonchev–Trinajstić information content (AvgIpc) is 2.38. The second kappa shape index (κ2) is 7.92. The maximum Gasteiger partial charge on any atom is 0.234 e. The second-order valence-corrected chi connectivity index (χ2v) is 5.08. The fraction of sp³-hybridized carbons (Fsp3) is 0.533. The summed E-state index contributed by atoms with van der Waals surface area (Å²) in [5, 5.41) is 5.77. The van der Waals surface area contributed by atoms with Crippen molar-refractivity contribution in [1.29, 1.82) is 0 Å². The second-order valence-electron chi connectivity index (χ2n) is 5.08. The maximum atomic E-state index is 11.5. The van der Waals surface area contributed by atoms with Gasteiger partial charge in [-0.3, -0.25) is 9.69 Å². The van der Waals surface area contributed by atoms with Crippen molar-refractivity contribution < 1.29 is 4.79 Å². The molecule has 106 valence electrons. The Morgan fingerprint density at radius 2 is 1.89 bits per heavy atom. The molecule has 2 N–H and O–H groups in total. The van der Waals surface area contributed by atoms with Crippen molar-refractivity contribution in [3.63, 3.8) is 0 Å². The number of rotatable bonds is 7. The summed E-state index contributed by atoms with van der Waals surface area (Å²) in [6.07, 6.45) is 0. The standard InChI is InChI=1S/C15H25N3O/c1-12(2)18(4)11-14-8-6-5-7-13(14)9-17-15(19)10-16-3/h5-8,12,16H,9-11H2,1-4H3,(H,17,19). The number of hydrogen-bond donors (Lipinski definition) is 2. The van der Waals surface area contributed by atoms with E-state index in [4.69, 9.17) is 0 Å². The van der Waals surface area contributed by atoms with Gasteiger partial charge in [0.1, 0.15) is 0 Å². The lowest BCUT2D eigenvalue weighted by Crippen LogP contribution is -2.32. The Morgan fingerprint density at radius 3 is 2.47 bits per heavy atom. The lowest BCUT2D eigenvalue weighted by molar-refractivity contribution is -0.120. The van der Waals surface area contributed by atoms with Crippen molar-refractivity contribution in [2.45, 2.75) is 33.0 Å². The van der Waals surface area contributed by atoms with E-state index < -0.39 is 0 Å². The molecule has 0 fully saturated rings. The predicted molar refractivity (Wildman–Crippen MR) is 78.8 cm³/mol. The van der Waals surface area contributed by atoms with Crippen LogP contribution >= 0.6 is 0 Å². The first-order valence-corrected chi connectivity index (χ1v) is 6.73. The first kappa shape index (κ1) is 15.7. The number of carbonyl (C=O) groups excluding carboxylic acids is 1. The van der Waals surface area contributed by atoms with E-state index in [1.807, 2.05) is 12.1 Å². The van der Waals surface area contributed by atoms with Crippen LogP contribution in [0.25, 0.3) is 0 Å². The Labute approximate surface area is 116 Å². The van der Waals surface area contributed by atoms with Crippen molar-refractivity contribution in [2.24, 2.45) is 0 Å². The summed E-state index contributed by atoms with van der Waals surface area (Å²) in [6.45, 7) is 6.20. The molecule has 0 saturated carbocycles. The van der Waals surface area contributed by atoms with E-state index >= 15 is 0 Å². The summed E-state index contributed by atoms with van der Waals surface area (Å²) in [7, 11) is 3.88. The highest BCUT2D eigenvalue weighted by Crippen LogP contribution is 2.12. The molecular formula is C15H25N3O. The molecule has 0 heterocycles. The Balaban J connectivity index is 2.65. The smallest absolute Gasteiger partial charge is 0.234 e. The monoisotopic (exact) mass is 263 g/mol. The maximum absolute atomic E-state index is 11.5. The van der Waals surface area contributed by atoms with Gasteiger partial charge in [0.15, 0.2) is 0 Å². The van der Waals surface area contributed by atoms with Crippen LogP contribution in [0.1, 0.15) is 25.0 Å². The fourth-order valence-electron chi connectivity index (χ4n) is 1.75. The van der Waals surface area contributed by atoms with Crippen LogP contribution in [0, 0.1) is 0 Å². The number of hydrogen-bond acceptors (Lipinski definition) is 3. The van der Waals surface area contributed by atoms with Crippen LogP contribution in [0.4, 0.5) is 0 Å². The van der Waals surface area contributed by atoms with Crippen molar-refractivity contribution >= 4 is 5.91 Å². The zero-order chi connectivity index (χ0) is 14.3. The number of nitrogens with one attached hydrogen (secondary N) is 2. The van der Waals surface area contributed by atoms with Gasteiger partial charge < -0.3 is 10.6 Å². The van der Waals surface area contributed by atoms with Crippen LogP contribution in [0.5, 0.6) is 0 Å². The van der Waals surface area contributed by atoms with Crippen LogP contribution in [0.2, 0.25) is 0 Å². The molecule has 0 aliphatic heterocycles. The molecule has 0 bridgehead atoms. The van der Waals surface area contributed by atoms with E-state index in [9.17, 15) is 4.79 Å². The van der Waals surface area contributed by atoms with Gasteiger partial charge in [0.2, 0.25) is 5.91 Å². The van der Waals surface area contributed by atoms with Crippen LogP contribution in [-0.2, 0) is 17.9 Å². The summed E-state index contributed by atoms with van der Waals surface area (Å²) in [6, 6.07) is 8.76. The van der Waals surface area contributed by atoms with Gasteiger partial charge in [0.25, 0.3) is 0 Å². The molecule has 19 heavy (non-hydrogen) atoms. The lowest BCUT2D eigenvalue weighted by atomic mass is 10.1. The Hall–Kier alpha value is -1.39. The van der Waals surface area contributed by atoms with Gasteiger partial charge in [-0.1, -0.05) is 24.3 Å². The molecule has 0 spiro atoms. The van der Waals surface area contributed by atoms with Crippen LogP contribution in [0.3, 0.4) is 0 Å². The summed E-state index contributed by atoms with van der Waals surface area (Å²) in [4.78, 5) is 13.8. The van der Waals surface area contributed by atoms with Crippen molar-refractivity contribution in [1.82, 2.24) is 15.5 Å². The molecule has 4 heteroatoms. The van der Waals surface area contributed by atoms with Gasteiger partial charge >= 0.3 is 0 Å². The van der Waals surface area contributed by atoms with E-state index in [1.54, 1.807) is 7.05 Å². The Bertz CT molecular complexity index is 404. The van der Waals surface area contributed by atoms with Gasteiger partial charge in [-0.15, -0.1) is 0 Å². The molecule has 4 nitrogen and oxygen atoms in total. The van der Waals surface area contributed by atoms with Gasteiger partial charge in [0.05, 0.1) is 6.54 Å². The predicted octanol–water partition coefficient (Wildman–Crippen LogP) is 1.36. The highest BCUT2D eigenvalue weighted by atomic mass is 16.1. The zero-order valence-electron chi connectivity index (χ0n) is 12.4. The number of carbonyl (C=O) groups is 1. The first-order chi connectivity index (χ1) is 9.04. The fourth-order valence-corrected chi connectivity index (χ4v) is 1.75. The summed E-state index contributed by atoms with van der Waals surface area (Å²) >= 11 is 0. The largest absolute Gasteiger partial charge is 0.351 e. The van der Waals surface area contributed by atoms with E-state index in [1.165, 1.54) is 11.1 Å². The van der Waals surface area contributed by atoms with E-state index in [0.29, 0.717) is 19.1 Å². The molecule has 1 aromatic carbocycles. The molecule has 1 aromatic rings. The highest BCUT2D eigenvalue weighted by Gasteiger charge is 2.08. The quantitative estimate of drug-likeness (QED) is 0.781. The van der Waals surface area contributed by atoms with Crippen LogP contribution in [-0.4, -0.2) is 37.5 Å². The van der Waals surface area contributed by atoms with E-state index in [0.717, 1.165) is 6.54 Å². The van der Waals surface area contributed by atoms with Crippen LogP contribution in [0.15, 0.2) is 24.3 Å². The average molecular weight is 263 g/mol. The molecule has 0 unspecified atom stereocenters. The number of amides is 1. The minimum atomic E-state index is 0.0227. The van der Waals surface area contributed by atoms with Gasteiger partial charge in [-0.2, -0.15) is 0 Å². The summed E-state index contributed by atoms with van der Waals surface area (Å²) in [5.41, 5.74) is 2.45. The van der Waals surface area contributed by atoms with Crippen molar-refractivity contribution in [2.75, 3.05) is 20.6 Å². The molecule has 0 atom stereocenters. The molecule has 1 amide bonds. The third kappa shape index (κ3) is 5.41. The summed E-state index contributed by atoms with van der Waals surface area (Å²) < 4.78 is 0. The Morgan fingerprint density at radius 1 is 1.26 bits per heavy atom. The van der Waals surface area contributed by atoms with E-state index in [-0.39, 0.29) is 5.91 Å². The first-order valence-electron chi connectivity index (χ1n) is 6.73. The third-order valence-electron chi connectivity index (χ3n) is 3.23. The van der Waals surface area contributed by atoms with Crippen molar-refractivity contribution in [3.8, 4) is 0 Å². The van der Waals surface area contributed by atoms with Gasteiger partial charge in [-0.25, -0.2) is 0 Å². The third-order valence-corrected chi connectivity index (χ3v) is 3.23. The number of likely N-dealkylation sites (N-methyl/N-ethyl adjacent to an activating group) is 1. The summed E-state index contributed by atoms with van der Waals surface area (Å²) in [5.74, 6) is 0.0227. The minimum absolute atomic E-state index is 0.0227. The van der Waals surface area contributed by atoms with Crippen molar-refractivity contribution in [3.05, 3.63) is 35.4 Å². The molecule has 0 aliphatic rings. The Kier molecular flexibility index (Phi) is 6.53. The molecular weight excluding hydrogens is 238 g/mol.